The number of thiazole rings is 1. The van der Waals surface area contributed by atoms with Gasteiger partial charge in [0, 0.05) is 12.4 Å². The average Bonchev–Trinajstić information content (AvgIpc) is 2.89. The standard InChI is InChI=1S/C12H13ClN2OS2/c1-8-14-10(7-18-8)6-15(2)11(16)5-9-3-4-17-12(9)13/h3-4,7H,5-6H2,1-2H3. The van der Waals surface area contributed by atoms with Gasteiger partial charge >= 0.3 is 0 Å². The van der Waals surface area contributed by atoms with Crippen LogP contribution in [0, 0.1) is 6.92 Å². The molecule has 2 rings (SSSR count). The molecule has 0 bridgehead atoms. The number of carbonyl (C=O) groups excluding carboxylic acids is 1. The molecule has 3 nitrogen and oxygen atoms in total. The van der Waals surface area contributed by atoms with Gasteiger partial charge in [0.15, 0.2) is 0 Å². The summed E-state index contributed by atoms with van der Waals surface area (Å²) in [5.41, 5.74) is 1.83. The molecule has 0 atom stereocenters. The largest absolute Gasteiger partial charge is 0.340 e. The van der Waals surface area contributed by atoms with Crippen LogP contribution in [-0.4, -0.2) is 22.8 Å². The van der Waals surface area contributed by atoms with Gasteiger partial charge in [-0.25, -0.2) is 4.98 Å². The van der Waals surface area contributed by atoms with Crippen LogP contribution in [0.3, 0.4) is 0 Å². The van der Waals surface area contributed by atoms with Crippen molar-refractivity contribution >= 4 is 40.2 Å². The van der Waals surface area contributed by atoms with Crippen LogP contribution in [0.4, 0.5) is 0 Å². The van der Waals surface area contributed by atoms with E-state index in [4.69, 9.17) is 11.6 Å². The van der Waals surface area contributed by atoms with Crippen molar-refractivity contribution in [1.29, 1.82) is 0 Å². The molecule has 0 aliphatic carbocycles. The lowest BCUT2D eigenvalue weighted by molar-refractivity contribution is -0.129. The molecule has 0 aromatic carbocycles. The molecule has 2 aromatic rings. The quantitative estimate of drug-likeness (QED) is 0.867. The van der Waals surface area contributed by atoms with Gasteiger partial charge in [-0.2, -0.15) is 0 Å². The third-order valence-electron chi connectivity index (χ3n) is 2.53. The highest BCUT2D eigenvalue weighted by atomic mass is 35.5. The minimum atomic E-state index is 0.0564. The van der Waals surface area contributed by atoms with Crippen molar-refractivity contribution in [3.05, 3.63) is 37.4 Å². The van der Waals surface area contributed by atoms with Gasteiger partial charge in [0.2, 0.25) is 5.91 Å². The van der Waals surface area contributed by atoms with E-state index in [2.05, 4.69) is 4.98 Å². The van der Waals surface area contributed by atoms with Gasteiger partial charge in [0.05, 0.1) is 28.0 Å². The normalized spacial score (nSPS) is 10.6. The number of hydrogen-bond donors (Lipinski definition) is 0. The molecule has 96 valence electrons. The first-order valence-corrected chi connectivity index (χ1v) is 7.57. The van der Waals surface area contributed by atoms with E-state index in [-0.39, 0.29) is 5.91 Å². The summed E-state index contributed by atoms with van der Waals surface area (Å²) in [4.78, 5) is 18.1. The fourth-order valence-electron chi connectivity index (χ4n) is 1.56. The maximum absolute atomic E-state index is 12.0. The molecule has 2 aromatic heterocycles. The van der Waals surface area contributed by atoms with Crippen LogP contribution in [-0.2, 0) is 17.8 Å². The number of likely N-dealkylation sites (N-methyl/N-ethyl adjacent to an activating group) is 1. The zero-order valence-electron chi connectivity index (χ0n) is 10.1. The molecule has 0 aliphatic heterocycles. The van der Waals surface area contributed by atoms with Crippen LogP contribution in [0.25, 0.3) is 0 Å². The van der Waals surface area contributed by atoms with Crippen molar-refractivity contribution in [3.8, 4) is 0 Å². The molecular formula is C12H13ClN2OS2. The number of halogens is 1. The van der Waals surface area contributed by atoms with Crippen LogP contribution in [0.5, 0.6) is 0 Å². The molecule has 0 unspecified atom stereocenters. The van der Waals surface area contributed by atoms with Gasteiger partial charge in [-0.1, -0.05) is 11.6 Å². The van der Waals surface area contributed by atoms with Gasteiger partial charge < -0.3 is 4.90 Å². The lowest BCUT2D eigenvalue weighted by Crippen LogP contribution is -2.27. The summed E-state index contributed by atoms with van der Waals surface area (Å²) < 4.78 is 0.696. The number of rotatable bonds is 4. The second kappa shape index (κ2) is 5.82. The Morgan fingerprint density at radius 3 is 2.83 bits per heavy atom. The number of amides is 1. The van der Waals surface area contributed by atoms with Crippen molar-refractivity contribution in [2.75, 3.05) is 7.05 Å². The van der Waals surface area contributed by atoms with Crippen molar-refractivity contribution < 1.29 is 4.79 Å². The first-order valence-electron chi connectivity index (χ1n) is 5.43. The van der Waals surface area contributed by atoms with Crippen LogP contribution in [0.2, 0.25) is 4.34 Å². The Hall–Kier alpha value is -0.910. The number of carbonyl (C=O) groups is 1. The second-order valence-electron chi connectivity index (χ2n) is 4.00. The number of hydrogen-bond acceptors (Lipinski definition) is 4. The third-order valence-corrected chi connectivity index (χ3v) is 4.60. The summed E-state index contributed by atoms with van der Waals surface area (Å²) in [6.07, 6.45) is 0.349. The van der Waals surface area contributed by atoms with Crippen LogP contribution < -0.4 is 0 Å². The van der Waals surface area contributed by atoms with E-state index in [1.807, 2.05) is 23.8 Å². The van der Waals surface area contributed by atoms with Crippen molar-refractivity contribution in [2.24, 2.45) is 0 Å². The first-order chi connectivity index (χ1) is 8.56. The van der Waals surface area contributed by atoms with E-state index in [1.54, 1.807) is 23.3 Å². The number of thiophene rings is 1. The van der Waals surface area contributed by atoms with E-state index in [0.717, 1.165) is 16.3 Å². The fraction of sp³-hybridized carbons (Fsp3) is 0.333. The Morgan fingerprint density at radius 2 is 2.28 bits per heavy atom. The van der Waals surface area contributed by atoms with Gasteiger partial charge in [0.25, 0.3) is 0 Å². The van der Waals surface area contributed by atoms with Crippen molar-refractivity contribution in [1.82, 2.24) is 9.88 Å². The molecule has 0 saturated carbocycles. The summed E-state index contributed by atoms with van der Waals surface area (Å²) in [5.74, 6) is 0.0564. The molecule has 0 fully saturated rings. The Balaban J connectivity index is 1.95. The van der Waals surface area contributed by atoms with Crippen molar-refractivity contribution in [2.45, 2.75) is 19.9 Å². The monoisotopic (exact) mass is 300 g/mol. The van der Waals surface area contributed by atoms with E-state index in [9.17, 15) is 4.79 Å². The molecule has 0 aliphatic rings. The predicted octanol–water partition coefficient (Wildman–Crippen LogP) is 3.37. The Bertz CT molecular complexity index is 550. The molecule has 0 spiro atoms. The lowest BCUT2D eigenvalue weighted by Gasteiger charge is -2.15. The Kier molecular flexibility index (Phi) is 4.37. The summed E-state index contributed by atoms with van der Waals surface area (Å²) in [6.45, 7) is 2.51. The zero-order valence-corrected chi connectivity index (χ0v) is 12.5. The Morgan fingerprint density at radius 1 is 1.50 bits per heavy atom. The summed E-state index contributed by atoms with van der Waals surface area (Å²) >= 11 is 9.04. The number of aromatic nitrogens is 1. The minimum Gasteiger partial charge on any atom is -0.340 e. The second-order valence-corrected chi connectivity index (χ2v) is 6.58. The van der Waals surface area contributed by atoms with Crippen molar-refractivity contribution in [3.63, 3.8) is 0 Å². The zero-order chi connectivity index (χ0) is 13.1. The number of aryl methyl sites for hydroxylation is 1. The lowest BCUT2D eigenvalue weighted by atomic mass is 10.2. The highest BCUT2D eigenvalue weighted by molar-refractivity contribution is 7.14. The van der Waals surface area contributed by atoms with E-state index < -0.39 is 0 Å². The molecule has 0 radical (unpaired) electrons. The predicted molar refractivity (Wildman–Crippen MR) is 76.4 cm³/mol. The minimum absolute atomic E-state index is 0.0564. The summed E-state index contributed by atoms with van der Waals surface area (Å²) in [7, 11) is 1.79. The number of nitrogens with zero attached hydrogens (tertiary/aromatic N) is 2. The summed E-state index contributed by atoms with van der Waals surface area (Å²) in [6, 6.07) is 1.89. The third kappa shape index (κ3) is 3.31. The maximum atomic E-state index is 12.0. The highest BCUT2D eigenvalue weighted by Gasteiger charge is 2.13. The smallest absolute Gasteiger partial charge is 0.227 e. The molecule has 0 saturated heterocycles. The van der Waals surface area contributed by atoms with E-state index in [1.165, 1.54) is 11.3 Å². The van der Waals surface area contributed by atoms with Gasteiger partial charge in [-0.05, 0) is 23.9 Å². The van der Waals surface area contributed by atoms with Crippen LogP contribution in [0.1, 0.15) is 16.3 Å². The molecule has 2 heterocycles. The van der Waals surface area contributed by atoms with Gasteiger partial charge in [0.1, 0.15) is 0 Å². The van der Waals surface area contributed by atoms with E-state index in [0.29, 0.717) is 17.3 Å². The van der Waals surface area contributed by atoms with Gasteiger partial charge in [-0.3, -0.25) is 4.79 Å². The average molecular weight is 301 g/mol. The topological polar surface area (TPSA) is 33.2 Å². The molecule has 0 N–H and O–H groups in total. The van der Waals surface area contributed by atoms with Crippen LogP contribution in [0.15, 0.2) is 16.8 Å². The molecule has 18 heavy (non-hydrogen) atoms. The first kappa shape index (κ1) is 13.5. The maximum Gasteiger partial charge on any atom is 0.227 e. The molecule has 6 heteroatoms. The fourth-order valence-corrected chi connectivity index (χ4v) is 3.09. The molecule has 1 amide bonds. The van der Waals surface area contributed by atoms with Crippen LogP contribution >= 0.6 is 34.3 Å². The van der Waals surface area contributed by atoms with E-state index >= 15 is 0 Å². The van der Waals surface area contributed by atoms with Gasteiger partial charge in [-0.15, -0.1) is 22.7 Å². The summed E-state index contributed by atoms with van der Waals surface area (Å²) in [5, 5.41) is 4.90. The Labute approximate surface area is 119 Å². The SMILES string of the molecule is Cc1nc(CN(C)C(=O)Cc2ccsc2Cl)cs1. The highest BCUT2D eigenvalue weighted by Crippen LogP contribution is 2.23. The molecular weight excluding hydrogens is 288 g/mol.